The molecule has 1 saturated heterocycles. The van der Waals surface area contributed by atoms with Crippen molar-refractivity contribution in [2.45, 2.75) is 36.6 Å². The van der Waals surface area contributed by atoms with Gasteiger partial charge in [0.05, 0.1) is 10.4 Å². The maximum Gasteiger partial charge on any atom is 0.245 e. The van der Waals surface area contributed by atoms with Crippen molar-refractivity contribution in [2.24, 2.45) is 5.73 Å². The molecule has 0 aromatic carbocycles. The number of amides is 1. The number of fused-ring (bicyclic) bond motifs is 1. The van der Waals surface area contributed by atoms with Gasteiger partial charge >= 0.3 is 0 Å². The summed E-state index contributed by atoms with van der Waals surface area (Å²) in [7, 11) is -3.78. The number of carbonyl (C=O) groups is 1. The van der Waals surface area contributed by atoms with Crippen molar-refractivity contribution < 1.29 is 13.2 Å². The molecule has 0 saturated carbocycles. The number of aromatic nitrogens is 2. The van der Waals surface area contributed by atoms with Crippen LogP contribution >= 0.6 is 11.6 Å². The fourth-order valence-corrected chi connectivity index (χ4v) is 5.43. The SMILES string of the molecule is NCCC(=O)NCC1CCCCN1S(=O)(=O)c1c[nH]c2nccc(Cl)c12. The van der Waals surface area contributed by atoms with Crippen molar-refractivity contribution in [3.8, 4) is 0 Å². The van der Waals surface area contributed by atoms with Gasteiger partial charge < -0.3 is 16.0 Å². The summed E-state index contributed by atoms with van der Waals surface area (Å²) in [6.07, 6.45) is 5.56. The maximum absolute atomic E-state index is 13.3. The van der Waals surface area contributed by atoms with E-state index >= 15 is 0 Å². The predicted octanol–water partition coefficient (Wildman–Crippen LogP) is 1.22. The second-order valence-electron chi connectivity index (χ2n) is 6.28. The Hall–Kier alpha value is -1.68. The smallest absolute Gasteiger partial charge is 0.245 e. The number of H-pyrrole nitrogens is 1. The quantitative estimate of drug-likeness (QED) is 0.674. The van der Waals surface area contributed by atoms with Gasteiger partial charge in [0, 0.05) is 44.5 Å². The van der Waals surface area contributed by atoms with E-state index in [9.17, 15) is 13.2 Å². The topological polar surface area (TPSA) is 121 Å². The molecule has 26 heavy (non-hydrogen) atoms. The molecule has 1 unspecified atom stereocenters. The fraction of sp³-hybridized carbons (Fsp3) is 0.500. The maximum atomic E-state index is 13.3. The molecule has 1 aliphatic heterocycles. The molecule has 8 nitrogen and oxygen atoms in total. The molecular weight excluding hydrogens is 378 g/mol. The number of hydrogen-bond acceptors (Lipinski definition) is 5. The second kappa shape index (κ2) is 7.91. The van der Waals surface area contributed by atoms with Gasteiger partial charge in [-0.3, -0.25) is 4.79 Å². The molecule has 1 atom stereocenters. The van der Waals surface area contributed by atoms with Crippen LogP contribution in [-0.2, 0) is 14.8 Å². The summed E-state index contributed by atoms with van der Waals surface area (Å²) in [6, 6.07) is 1.27. The molecule has 10 heteroatoms. The van der Waals surface area contributed by atoms with E-state index in [4.69, 9.17) is 17.3 Å². The molecule has 1 fully saturated rings. The summed E-state index contributed by atoms with van der Waals surface area (Å²) in [6.45, 7) is 0.941. The number of hydrogen-bond donors (Lipinski definition) is 3. The van der Waals surface area contributed by atoms with Gasteiger partial charge in [0.1, 0.15) is 10.5 Å². The van der Waals surface area contributed by atoms with Crippen molar-refractivity contribution in [2.75, 3.05) is 19.6 Å². The van der Waals surface area contributed by atoms with Crippen LogP contribution in [0, 0.1) is 0 Å². The number of nitrogens with one attached hydrogen (secondary N) is 2. The summed E-state index contributed by atoms with van der Waals surface area (Å²) in [5, 5.41) is 3.51. The number of piperidine rings is 1. The van der Waals surface area contributed by atoms with Crippen LogP contribution < -0.4 is 11.1 Å². The number of sulfonamides is 1. The van der Waals surface area contributed by atoms with E-state index in [1.807, 2.05) is 0 Å². The lowest BCUT2D eigenvalue weighted by Gasteiger charge is -2.34. The number of carbonyl (C=O) groups excluding carboxylic acids is 1. The highest BCUT2D eigenvalue weighted by atomic mass is 35.5. The van der Waals surface area contributed by atoms with Gasteiger partial charge in [-0.25, -0.2) is 13.4 Å². The van der Waals surface area contributed by atoms with Crippen molar-refractivity contribution >= 4 is 38.6 Å². The predicted molar refractivity (Wildman–Crippen MR) is 99.3 cm³/mol. The van der Waals surface area contributed by atoms with Crippen molar-refractivity contribution in [3.63, 3.8) is 0 Å². The van der Waals surface area contributed by atoms with E-state index < -0.39 is 10.0 Å². The lowest BCUT2D eigenvalue weighted by Crippen LogP contribution is -2.49. The Labute approximate surface area is 157 Å². The highest BCUT2D eigenvalue weighted by Crippen LogP contribution is 2.32. The Kier molecular flexibility index (Phi) is 5.81. The fourth-order valence-electron chi connectivity index (χ4n) is 3.26. The molecule has 3 heterocycles. The number of aromatic amines is 1. The third-order valence-electron chi connectivity index (χ3n) is 4.55. The largest absolute Gasteiger partial charge is 0.354 e. The van der Waals surface area contributed by atoms with E-state index in [1.165, 1.54) is 16.7 Å². The highest BCUT2D eigenvalue weighted by molar-refractivity contribution is 7.89. The van der Waals surface area contributed by atoms with Crippen molar-refractivity contribution in [1.82, 2.24) is 19.6 Å². The van der Waals surface area contributed by atoms with E-state index in [2.05, 4.69) is 15.3 Å². The van der Waals surface area contributed by atoms with Gasteiger partial charge in [-0.05, 0) is 18.9 Å². The number of nitrogens with two attached hydrogens (primary N) is 1. The van der Waals surface area contributed by atoms with E-state index in [0.717, 1.165) is 12.8 Å². The van der Waals surface area contributed by atoms with E-state index in [0.29, 0.717) is 29.0 Å². The Morgan fingerprint density at radius 1 is 1.46 bits per heavy atom. The van der Waals surface area contributed by atoms with Crippen molar-refractivity contribution in [3.05, 3.63) is 23.5 Å². The molecule has 3 rings (SSSR count). The summed E-state index contributed by atoms with van der Waals surface area (Å²) in [5.74, 6) is -0.172. The Morgan fingerprint density at radius 3 is 3.04 bits per heavy atom. The molecule has 0 radical (unpaired) electrons. The zero-order valence-electron chi connectivity index (χ0n) is 14.2. The number of pyridine rings is 1. The zero-order chi connectivity index (χ0) is 18.7. The Morgan fingerprint density at radius 2 is 2.27 bits per heavy atom. The minimum absolute atomic E-state index is 0.116. The van der Waals surface area contributed by atoms with Crippen LogP contribution in [0.25, 0.3) is 11.0 Å². The van der Waals surface area contributed by atoms with Gasteiger partial charge in [-0.15, -0.1) is 0 Å². The number of halogens is 1. The molecule has 0 aliphatic carbocycles. The van der Waals surface area contributed by atoms with Crippen LogP contribution in [0.15, 0.2) is 23.4 Å². The Bertz CT molecular complexity index is 898. The lowest BCUT2D eigenvalue weighted by atomic mass is 10.1. The van der Waals surface area contributed by atoms with Crippen molar-refractivity contribution in [1.29, 1.82) is 0 Å². The summed E-state index contributed by atoms with van der Waals surface area (Å²) in [5.41, 5.74) is 5.81. The number of rotatable bonds is 6. The number of nitrogens with zero attached hydrogens (tertiary/aromatic N) is 2. The minimum atomic E-state index is -3.78. The molecule has 4 N–H and O–H groups in total. The molecule has 1 aliphatic rings. The summed E-state index contributed by atoms with van der Waals surface area (Å²) in [4.78, 5) is 18.8. The second-order valence-corrected chi connectivity index (χ2v) is 8.54. The van der Waals surface area contributed by atoms with Crippen LogP contribution in [0.1, 0.15) is 25.7 Å². The standard InChI is InChI=1S/C16H22ClN5O3S/c17-12-5-7-19-16-15(12)13(10-21-16)26(24,25)22-8-2-1-3-11(22)9-20-14(23)4-6-18/h5,7,10-11H,1-4,6,8-9,18H2,(H,19,21)(H,20,23). The minimum Gasteiger partial charge on any atom is -0.354 e. The van der Waals surface area contributed by atoms with Gasteiger partial charge in [0.2, 0.25) is 15.9 Å². The van der Waals surface area contributed by atoms with Crippen LogP contribution in [0.4, 0.5) is 0 Å². The lowest BCUT2D eigenvalue weighted by molar-refractivity contribution is -0.121. The van der Waals surface area contributed by atoms with Crippen LogP contribution in [0.3, 0.4) is 0 Å². The molecule has 0 spiro atoms. The Balaban J connectivity index is 1.89. The highest BCUT2D eigenvalue weighted by Gasteiger charge is 2.35. The first-order chi connectivity index (χ1) is 12.4. The molecular formula is C16H22ClN5O3S. The van der Waals surface area contributed by atoms with Crippen LogP contribution in [0.5, 0.6) is 0 Å². The average molecular weight is 400 g/mol. The molecule has 1 amide bonds. The molecule has 2 aromatic rings. The van der Waals surface area contributed by atoms with Gasteiger partial charge in [-0.2, -0.15) is 4.31 Å². The molecule has 142 valence electrons. The first-order valence-corrected chi connectivity index (χ1v) is 10.4. The van der Waals surface area contributed by atoms with Gasteiger partial charge in [0.25, 0.3) is 0 Å². The van der Waals surface area contributed by atoms with Gasteiger partial charge in [-0.1, -0.05) is 18.0 Å². The summed E-state index contributed by atoms with van der Waals surface area (Å²) < 4.78 is 28.0. The van der Waals surface area contributed by atoms with Gasteiger partial charge in [0.15, 0.2) is 0 Å². The third kappa shape index (κ3) is 3.71. The summed E-state index contributed by atoms with van der Waals surface area (Å²) >= 11 is 6.21. The first kappa shape index (κ1) is 19.1. The molecule has 0 bridgehead atoms. The first-order valence-electron chi connectivity index (χ1n) is 8.55. The van der Waals surface area contributed by atoms with E-state index in [1.54, 1.807) is 6.07 Å². The van der Waals surface area contributed by atoms with E-state index in [-0.39, 0.29) is 36.4 Å². The monoisotopic (exact) mass is 399 g/mol. The van der Waals surface area contributed by atoms with Crippen LogP contribution in [-0.4, -0.2) is 54.3 Å². The van der Waals surface area contributed by atoms with Crippen LogP contribution in [0.2, 0.25) is 5.02 Å². The zero-order valence-corrected chi connectivity index (χ0v) is 15.8. The molecule has 2 aromatic heterocycles. The third-order valence-corrected chi connectivity index (χ3v) is 6.84. The normalized spacial score (nSPS) is 18.9. The average Bonchev–Trinajstić information content (AvgIpc) is 3.07.